The lowest BCUT2D eigenvalue weighted by Gasteiger charge is -2.12. The molecule has 0 saturated carbocycles. The topological polar surface area (TPSA) is 32.3 Å². The maximum atomic E-state index is 9.15. The van der Waals surface area contributed by atoms with Crippen molar-refractivity contribution >= 4 is 5.69 Å². The first kappa shape index (κ1) is 11.7. The Bertz CT molecular complexity index is 494. The zero-order chi connectivity index (χ0) is 12.1. The molecule has 0 amide bonds. The zero-order valence-electron chi connectivity index (χ0n) is 9.98. The Morgan fingerprint density at radius 3 is 2.29 bits per heavy atom. The van der Waals surface area contributed by atoms with Crippen LogP contribution in [-0.2, 0) is 6.42 Å². The summed E-state index contributed by atoms with van der Waals surface area (Å²) in [7, 11) is 0. The first-order valence-corrected chi connectivity index (χ1v) is 5.94. The number of anilines is 1. The van der Waals surface area contributed by atoms with Gasteiger partial charge in [0.1, 0.15) is 0 Å². The van der Waals surface area contributed by atoms with Crippen molar-refractivity contribution < 1.29 is 5.21 Å². The van der Waals surface area contributed by atoms with Gasteiger partial charge in [-0.3, -0.25) is 10.7 Å². The van der Waals surface area contributed by atoms with Crippen LogP contribution < -0.4 is 5.48 Å². The number of hydrogen-bond donors (Lipinski definition) is 2. The van der Waals surface area contributed by atoms with E-state index in [9.17, 15) is 0 Å². The molecule has 0 radical (unpaired) electrons. The van der Waals surface area contributed by atoms with Crippen LogP contribution >= 0.6 is 0 Å². The molecule has 2 aromatic carbocycles. The van der Waals surface area contributed by atoms with Gasteiger partial charge in [-0.2, -0.15) is 0 Å². The van der Waals surface area contributed by atoms with E-state index in [0.717, 1.165) is 24.1 Å². The first-order valence-electron chi connectivity index (χ1n) is 5.94. The van der Waals surface area contributed by atoms with Gasteiger partial charge in [0, 0.05) is 5.56 Å². The van der Waals surface area contributed by atoms with Gasteiger partial charge in [-0.25, -0.2) is 0 Å². The summed E-state index contributed by atoms with van der Waals surface area (Å²) < 4.78 is 0. The first-order chi connectivity index (χ1) is 8.36. The van der Waals surface area contributed by atoms with E-state index < -0.39 is 0 Å². The molecule has 0 aromatic heterocycles. The Balaban J connectivity index is 2.52. The lowest BCUT2D eigenvalue weighted by molar-refractivity contribution is 0.389. The fraction of sp³-hybridized carbons (Fsp3) is 0.200. The molecule has 0 saturated heterocycles. The quantitative estimate of drug-likeness (QED) is 0.770. The zero-order valence-corrected chi connectivity index (χ0v) is 9.98. The molecule has 2 aromatic rings. The summed E-state index contributed by atoms with van der Waals surface area (Å²) in [5, 5.41) is 9.15. The van der Waals surface area contributed by atoms with Gasteiger partial charge >= 0.3 is 0 Å². The van der Waals surface area contributed by atoms with Gasteiger partial charge in [-0.05, 0) is 23.6 Å². The van der Waals surface area contributed by atoms with Gasteiger partial charge in [0.05, 0.1) is 5.69 Å². The van der Waals surface area contributed by atoms with E-state index in [-0.39, 0.29) is 0 Å². The van der Waals surface area contributed by atoms with Crippen LogP contribution in [0.1, 0.15) is 18.9 Å². The minimum absolute atomic E-state index is 0.746. The molecule has 0 aliphatic heterocycles. The molecule has 0 fully saturated rings. The lowest BCUT2D eigenvalue weighted by atomic mass is 9.96. The molecule has 0 unspecified atom stereocenters. The summed E-state index contributed by atoms with van der Waals surface area (Å²) in [6.45, 7) is 2.17. The smallest absolute Gasteiger partial charge is 0.0680 e. The van der Waals surface area contributed by atoms with Crippen molar-refractivity contribution in [2.24, 2.45) is 0 Å². The van der Waals surface area contributed by atoms with Gasteiger partial charge in [0.25, 0.3) is 0 Å². The standard InChI is InChI=1S/C15H17NO/c1-2-7-12-8-3-4-9-13(12)14-10-5-6-11-15(14)16-17/h3-6,8-11,16-17H,2,7H2,1H3. The van der Waals surface area contributed by atoms with Crippen LogP contribution in [0.15, 0.2) is 48.5 Å². The van der Waals surface area contributed by atoms with Crippen LogP contribution in [-0.4, -0.2) is 5.21 Å². The lowest BCUT2D eigenvalue weighted by Crippen LogP contribution is -1.95. The Morgan fingerprint density at radius 2 is 1.59 bits per heavy atom. The van der Waals surface area contributed by atoms with Gasteiger partial charge in [0.15, 0.2) is 0 Å². The van der Waals surface area contributed by atoms with Crippen LogP contribution in [0.3, 0.4) is 0 Å². The number of aryl methyl sites for hydroxylation is 1. The van der Waals surface area contributed by atoms with Crippen molar-refractivity contribution in [3.8, 4) is 11.1 Å². The molecule has 0 spiro atoms. The van der Waals surface area contributed by atoms with E-state index in [1.807, 2.05) is 30.3 Å². The van der Waals surface area contributed by atoms with E-state index in [0.29, 0.717) is 0 Å². The third-order valence-corrected chi connectivity index (χ3v) is 2.87. The van der Waals surface area contributed by atoms with Crippen LogP contribution in [0.5, 0.6) is 0 Å². The third kappa shape index (κ3) is 2.48. The second-order valence-corrected chi connectivity index (χ2v) is 4.06. The molecule has 0 aliphatic rings. The van der Waals surface area contributed by atoms with Crippen molar-refractivity contribution in [3.05, 3.63) is 54.1 Å². The summed E-state index contributed by atoms with van der Waals surface area (Å²) in [5.74, 6) is 0. The Labute approximate surface area is 102 Å². The summed E-state index contributed by atoms with van der Waals surface area (Å²) in [5.41, 5.74) is 6.55. The number of rotatable bonds is 4. The molecule has 17 heavy (non-hydrogen) atoms. The maximum Gasteiger partial charge on any atom is 0.0680 e. The van der Waals surface area contributed by atoms with Crippen molar-refractivity contribution in [2.45, 2.75) is 19.8 Å². The van der Waals surface area contributed by atoms with E-state index >= 15 is 0 Å². The average molecular weight is 227 g/mol. The van der Waals surface area contributed by atoms with E-state index in [2.05, 4.69) is 30.6 Å². The minimum Gasteiger partial charge on any atom is -0.291 e. The predicted octanol–water partition coefficient (Wildman–Crippen LogP) is 4.11. The maximum absolute atomic E-state index is 9.15. The Morgan fingerprint density at radius 1 is 0.941 bits per heavy atom. The predicted molar refractivity (Wildman–Crippen MR) is 71.3 cm³/mol. The van der Waals surface area contributed by atoms with Gasteiger partial charge in [-0.1, -0.05) is 55.8 Å². The molecule has 0 bridgehead atoms. The van der Waals surface area contributed by atoms with E-state index in [1.165, 1.54) is 11.1 Å². The molecule has 2 rings (SSSR count). The van der Waals surface area contributed by atoms with Crippen LogP contribution in [0.25, 0.3) is 11.1 Å². The molecule has 2 heteroatoms. The Hall–Kier alpha value is -1.80. The fourth-order valence-electron chi connectivity index (χ4n) is 2.09. The molecular weight excluding hydrogens is 210 g/mol. The number of benzene rings is 2. The number of para-hydroxylation sites is 1. The van der Waals surface area contributed by atoms with E-state index in [1.54, 1.807) is 0 Å². The minimum atomic E-state index is 0.746. The average Bonchev–Trinajstić information content (AvgIpc) is 2.40. The monoisotopic (exact) mass is 227 g/mol. The highest BCUT2D eigenvalue weighted by Crippen LogP contribution is 2.30. The fourth-order valence-corrected chi connectivity index (χ4v) is 2.09. The van der Waals surface area contributed by atoms with Crippen molar-refractivity contribution in [3.63, 3.8) is 0 Å². The third-order valence-electron chi connectivity index (χ3n) is 2.87. The summed E-state index contributed by atoms with van der Waals surface area (Å²) in [6.07, 6.45) is 2.17. The molecule has 2 N–H and O–H groups in total. The largest absolute Gasteiger partial charge is 0.291 e. The summed E-state index contributed by atoms with van der Waals surface area (Å²) in [6, 6.07) is 16.1. The number of hydrogen-bond acceptors (Lipinski definition) is 2. The SMILES string of the molecule is CCCc1ccccc1-c1ccccc1NO. The van der Waals surface area contributed by atoms with Gasteiger partial charge < -0.3 is 0 Å². The van der Waals surface area contributed by atoms with Crippen molar-refractivity contribution in [2.75, 3.05) is 5.48 Å². The molecule has 2 nitrogen and oxygen atoms in total. The summed E-state index contributed by atoms with van der Waals surface area (Å²) in [4.78, 5) is 0. The number of nitrogens with one attached hydrogen (secondary N) is 1. The van der Waals surface area contributed by atoms with Crippen molar-refractivity contribution in [1.82, 2.24) is 0 Å². The van der Waals surface area contributed by atoms with Crippen LogP contribution in [0.2, 0.25) is 0 Å². The normalized spacial score (nSPS) is 10.2. The molecule has 0 heterocycles. The summed E-state index contributed by atoms with van der Waals surface area (Å²) >= 11 is 0. The molecular formula is C15H17NO. The molecule has 0 aliphatic carbocycles. The van der Waals surface area contributed by atoms with Crippen LogP contribution in [0.4, 0.5) is 5.69 Å². The highest BCUT2D eigenvalue weighted by atomic mass is 16.5. The second-order valence-electron chi connectivity index (χ2n) is 4.06. The second kappa shape index (κ2) is 5.51. The van der Waals surface area contributed by atoms with E-state index in [4.69, 9.17) is 5.21 Å². The Kier molecular flexibility index (Phi) is 3.78. The van der Waals surface area contributed by atoms with Crippen molar-refractivity contribution in [1.29, 1.82) is 0 Å². The molecule has 0 atom stereocenters. The molecule has 88 valence electrons. The van der Waals surface area contributed by atoms with Gasteiger partial charge in [-0.15, -0.1) is 0 Å². The van der Waals surface area contributed by atoms with Crippen LogP contribution in [0, 0.1) is 0 Å². The van der Waals surface area contributed by atoms with Gasteiger partial charge in [0.2, 0.25) is 0 Å². The highest BCUT2D eigenvalue weighted by molar-refractivity contribution is 5.79. The highest BCUT2D eigenvalue weighted by Gasteiger charge is 2.07.